The predicted molar refractivity (Wildman–Crippen MR) is 94.6 cm³/mol. The number of benzene rings is 2. The number of nitrogens with one attached hydrogen (secondary N) is 2. The number of hydrogen-bond acceptors (Lipinski definition) is 3. The van der Waals surface area contributed by atoms with E-state index >= 15 is 0 Å². The molecule has 0 saturated heterocycles. The van der Waals surface area contributed by atoms with Gasteiger partial charge in [0.05, 0.1) is 0 Å². The molecule has 0 spiro atoms. The van der Waals surface area contributed by atoms with Crippen LogP contribution in [0.25, 0.3) is 0 Å². The van der Waals surface area contributed by atoms with Crippen molar-refractivity contribution in [2.24, 2.45) is 0 Å². The van der Waals surface area contributed by atoms with Crippen LogP contribution in [0.1, 0.15) is 26.8 Å². The van der Waals surface area contributed by atoms with Crippen molar-refractivity contribution in [2.75, 3.05) is 10.6 Å². The Morgan fingerprint density at radius 1 is 0.783 bits per heavy atom. The number of phenolic OH excluding ortho intramolecular Hbond substituents is 1. The summed E-state index contributed by atoms with van der Waals surface area (Å²) in [6.45, 7) is 4.95. The standard InChI is InChI=1S/C9H11NO.C8H9NO2.CH4/c1-7-3-5-9(6-4-7)10-8(2)11;1-6(10)9-7-2-4-8(11)5-3-7;/h3-6H,1-2H3,(H,10,11);2-5,11H,1H3,(H,9,10);1H4. The van der Waals surface area contributed by atoms with Gasteiger partial charge in [-0.2, -0.15) is 0 Å². The van der Waals surface area contributed by atoms with E-state index < -0.39 is 0 Å². The second kappa shape index (κ2) is 10.00. The first kappa shape index (κ1) is 20.2. The number of phenols is 1. The summed E-state index contributed by atoms with van der Waals surface area (Å²) in [6, 6.07) is 14.0. The van der Waals surface area contributed by atoms with Gasteiger partial charge in [0.25, 0.3) is 0 Å². The van der Waals surface area contributed by atoms with E-state index in [0.29, 0.717) is 5.69 Å². The molecule has 0 unspecified atom stereocenters. The van der Waals surface area contributed by atoms with Gasteiger partial charge in [-0.25, -0.2) is 0 Å². The minimum absolute atomic E-state index is 0. The van der Waals surface area contributed by atoms with Gasteiger partial charge in [0.15, 0.2) is 0 Å². The lowest BCUT2D eigenvalue weighted by Crippen LogP contribution is -2.05. The van der Waals surface area contributed by atoms with E-state index in [0.717, 1.165) is 5.69 Å². The van der Waals surface area contributed by atoms with Gasteiger partial charge in [-0.3, -0.25) is 9.59 Å². The molecule has 5 nitrogen and oxygen atoms in total. The molecule has 0 aliphatic rings. The van der Waals surface area contributed by atoms with Crippen LogP contribution in [0.2, 0.25) is 0 Å². The van der Waals surface area contributed by atoms with E-state index in [2.05, 4.69) is 10.6 Å². The van der Waals surface area contributed by atoms with Gasteiger partial charge in [-0.05, 0) is 43.3 Å². The van der Waals surface area contributed by atoms with Crippen LogP contribution in [-0.2, 0) is 9.59 Å². The average Bonchev–Trinajstić information content (AvgIpc) is 2.44. The van der Waals surface area contributed by atoms with Crippen LogP contribution in [0, 0.1) is 6.92 Å². The number of amides is 2. The second-order valence-electron chi connectivity index (χ2n) is 4.78. The molecular weight excluding hydrogens is 292 g/mol. The predicted octanol–water partition coefficient (Wildman–Crippen LogP) is 3.94. The maximum atomic E-state index is 10.6. The molecule has 2 rings (SSSR count). The Morgan fingerprint density at radius 3 is 1.48 bits per heavy atom. The molecule has 0 aliphatic carbocycles. The van der Waals surface area contributed by atoms with Crippen molar-refractivity contribution in [3.63, 3.8) is 0 Å². The molecule has 5 heteroatoms. The summed E-state index contributed by atoms with van der Waals surface area (Å²) >= 11 is 0. The van der Waals surface area contributed by atoms with Gasteiger partial charge < -0.3 is 15.7 Å². The molecule has 124 valence electrons. The van der Waals surface area contributed by atoms with E-state index in [1.165, 1.54) is 31.5 Å². The van der Waals surface area contributed by atoms with Gasteiger partial charge in [0.1, 0.15) is 5.75 Å². The molecule has 0 atom stereocenters. The van der Waals surface area contributed by atoms with Crippen molar-refractivity contribution in [1.82, 2.24) is 0 Å². The summed E-state index contributed by atoms with van der Waals surface area (Å²) in [5.74, 6) is 0.0450. The van der Waals surface area contributed by atoms with Gasteiger partial charge in [-0.15, -0.1) is 0 Å². The van der Waals surface area contributed by atoms with Crippen molar-refractivity contribution < 1.29 is 14.7 Å². The Balaban J connectivity index is 0.000000403. The maximum absolute atomic E-state index is 10.6. The smallest absolute Gasteiger partial charge is 0.221 e. The third-order valence-electron chi connectivity index (χ3n) is 2.56. The molecule has 2 aromatic rings. The molecule has 0 fully saturated rings. The third kappa shape index (κ3) is 8.93. The molecule has 23 heavy (non-hydrogen) atoms. The highest BCUT2D eigenvalue weighted by Crippen LogP contribution is 2.13. The quantitative estimate of drug-likeness (QED) is 0.734. The molecule has 0 aliphatic heterocycles. The molecule has 2 amide bonds. The van der Waals surface area contributed by atoms with Crippen LogP contribution >= 0.6 is 0 Å². The highest BCUT2D eigenvalue weighted by atomic mass is 16.3. The Labute approximate surface area is 137 Å². The lowest BCUT2D eigenvalue weighted by molar-refractivity contribution is -0.115. The molecule has 0 radical (unpaired) electrons. The number of hydrogen-bond donors (Lipinski definition) is 3. The first-order valence-electron chi connectivity index (χ1n) is 6.77. The summed E-state index contributed by atoms with van der Waals surface area (Å²) in [5, 5.41) is 14.2. The SMILES string of the molecule is C.CC(=O)Nc1ccc(C)cc1.CC(=O)Nc1ccc(O)cc1. The van der Waals surface area contributed by atoms with Gasteiger partial charge in [-0.1, -0.05) is 25.1 Å². The highest BCUT2D eigenvalue weighted by molar-refractivity contribution is 5.89. The fourth-order valence-electron chi connectivity index (χ4n) is 1.59. The lowest BCUT2D eigenvalue weighted by atomic mass is 10.2. The third-order valence-corrected chi connectivity index (χ3v) is 2.56. The number of carbonyl (C=O) groups is 2. The molecule has 2 aromatic carbocycles. The van der Waals surface area contributed by atoms with Crippen molar-refractivity contribution >= 4 is 23.2 Å². The summed E-state index contributed by atoms with van der Waals surface area (Å²) in [4.78, 5) is 21.1. The summed E-state index contributed by atoms with van der Waals surface area (Å²) in [7, 11) is 0. The zero-order valence-corrected chi connectivity index (χ0v) is 12.9. The second-order valence-corrected chi connectivity index (χ2v) is 4.78. The van der Waals surface area contributed by atoms with E-state index in [4.69, 9.17) is 5.11 Å². The van der Waals surface area contributed by atoms with Crippen molar-refractivity contribution in [1.29, 1.82) is 0 Å². The number of aryl methyl sites for hydroxylation is 1. The highest BCUT2D eigenvalue weighted by Gasteiger charge is 1.93. The minimum Gasteiger partial charge on any atom is -0.508 e. The fraction of sp³-hybridized carbons (Fsp3) is 0.222. The van der Waals surface area contributed by atoms with Crippen LogP contribution < -0.4 is 10.6 Å². The van der Waals surface area contributed by atoms with Gasteiger partial charge in [0.2, 0.25) is 11.8 Å². The molecule has 0 heterocycles. The molecular formula is C18H24N2O3. The topological polar surface area (TPSA) is 78.4 Å². The Kier molecular flexibility index (Phi) is 8.77. The number of carbonyl (C=O) groups excluding carboxylic acids is 2. The van der Waals surface area contributed by atoms with E-state index in [9.17, 15) is 9.59 Å². The number of aromatic hydroxyl groups is 1. The lowest BCUT2D eigenvalue weighted by Gasteiger charge is -2.00. The monoisotopic (exact) mass is 316 g/mol. The maximum Gasteiger partial charge on any atom is 0.221 e. The van der Waals surface area contributed by atoms with Gasteiger partial charge in [0, 0.05) is 25.2 Å². The van der Waals surface area contributed by atoms with Crippen LogP contribution in [0.15, 0.2) is 48.5 Å². The van der Waals surface area contributed by atoms with Crippen LogP contribution in [0.5, 0.6) is 5.75 Å². The zero-order chi connectivity index (χ0) is 16.5. The van der Waals surface area contributed by atoms with Gasteiger partial charge >= 0.3 is 0 Å². The molecule has 0 aromatic heterocycles. The Hall–Kier alpha value is -2.82. The van der Waals surface area contributed by atoms with E-state index in [1.54, 1.807) is 12.1 Å². The Bertz CT molecular complexity index is 562. The zero-order valence-electron chi connectivity index (χ0n) is 12.9. The minimum atomic E-state index is -0.115. The summed E-state index contributed by atoms with van der Waals surface area (Å²) < 4.78 is 0. The average molecular weight is 316 g/mol. The van der Waals surface area contributed by atoms with Crippen LogP contribution in [-0.4, -0.2) is 16.9 Å². The van der Waals surface area contributed by atoms with Crippen LogP contribution in [0.4, 0.5) is 11.4 Å². The number of rotatable bonds is 2. The van der Waals surface area contributed by atoms with Crippen molar-refractivity contribution in [3.05, 3.63) is 54.1 Å². The van der Waals surface area contributed by atoms with E-state index in [1.807, 2.05) is 31.2 Å². The largest absolute Gasteiger partial charge is 0.508 e. The first-order chi connectivity index (χ1) is 10.4. The van der Waals surface area contributed by atoms with Crippen LogP contribution in [0.3, 0.4) is 0 Å². The summed E-state index contributed by atoms with van der Waals surface area (Å²) in [5.41, 5.74) is 2.73. The summed E-state index contributed by atoms with van der Waals surface area (Å²) in [6.07, 6.45) is 0. The first-order valence-corrected chi connectivity index (χ1v) is 6.77. The normalized spacial score (nSPS) is 8.83. The Morgan fingerprint density at radius 2 is 1.13 bits per heavy atom. The van der Waals surface area contributed by atoms with Crippen molar-refractivity contribution in [2.45, 2.75) is 28.2 Å². The number of anilines is 2. The fourth-order valence-corrected chi connectivity index (χ4v) is 1.59. The van der Waals surface area contributed by atoms with Crippen molar-refractivity contribution in [3.8, 4) is 5.75 Å². The molecule has 3 N–H and O–H groups in total. The molecule has 0 bridgehead atoms. The molecule has 0 saturated carbocycles. The van der Waals surface area contributed by atoms with E-state index in [-0.39, 0.29) is 25.0 Å².